The van der Waals surface area contributed by atoms with Crippen LogP contribution in [0.3, 0.4) is 0 Å². The maximum atomic E-state index is 13.4. The first-order valence-electron chi connectivity index (χ1n) is 7.15. The summed E-state index contributed by atoms with van der Waals surface area (Å²) < 4.78 is 31.4. The largest absolute Gasteiger partial charge is 0.449 e. The Morgan fingerprint density at radius 2 is 1.88 bits per heavy atom. The molecule has 2 aromatic carbocycles. The molecule has 0 bridgehead atoms. The van der Waals surface area contributed by atoms with E-state index in [1.54, 1.807) is 6.07 Å². The first-order chi connectivity index (χ1) is 11.5. The highest BCUT2D eigenvalue weighted by atomic mass is 19.1. The van der Waals surface area contributed by atoms with Crippen molar-refractivity contribution in [3.05, 3.63) is 71.8 Å². The molecule has 24 heavy (non-hydrogen) atoms. The minimum absolute atomic E-state index is 0.228. The molecule has 2 aromatic rings. The summed E-state index contributed by atoms with van der Waals surface area (Å²) in [7, 11) is 0. The van der Waals surface area contributed by atoms with Crippen LogP contribution in [0.2, 0.25) is 0 Å². The van der Waals surface area contributed by atoms with Gasteiger partial charge in [0.2, 0.25) is 0 Å². The van der Waals surface area contributed by atoms with Gasteiger partial charge in [0, 0.05) is 17.3 Å². The van der Waals surface area contributed by atoms with Crippen LogP contribution < -0.4 is 5.32 Å². The molecular weight excluding hydrogens is 316 g/mol. The molecule has 124 valence electrons. The van der Waals surface area contributed by atoms with Crippen LogP contribution in [0.15, 0.2) is 54.6 Å². The summed E-state index contributed by atoms with van der Waals surface area (Å²) in [4.78, 5) is 23.6. The predicted octanol–water partition coefficient (Wildman–Crippen LogP) is 3.55. The van der Waals surface area contributed by atoms with Gasteiger partial charge in [0.25, 0.3) is 5.91 Å². The second-order valence-corrected chi connectivity index (χ2v) is 4.93. The summed E-state index contributed by atoms with van der Waals surface area (Å²) in [6.45, 7) is 1.38. The molecule has 4 nitrogen and oxygen atoms in total. The van der Waals surface area contributed by atoms with E-state index in [1.807, 2.05) is 0 Å². The SMILES string of the molecule is C[C@@H](OC(=O)/C=C/c1ccccc1F)C(=O)Nc1cccc(F)c1. The lowest BCUT2D eigenvalue weighted by molar-refractivity contribution is -0.148. The fourth-order valence-electron chi connectivity index (χ4n) is 1.85. The van der Waals surface area contributed by atoms with Gasteiger partial charge in [0.1, 0.15) is 11.6 Å². The summed E-state index contributed by atoms with van der Waals surface area (Å²) >= 11 is 0. The Hall–Kier alpha value is -3.02. The quantitative estimate of drug-likeness (QED) is 0.673. The third-order valence-corrected chi connectivity index (χ3v) is 3.06. The minimum Gasteiger partial charge on any atom is -0.449 e. The monoisotopic (exact) mass is 331 g/mol. The normalized spacial score (nSPS) is 12.0. The van der Waals surface area contributed by atoms with Crippen LogP contribution in [0.1, 0.15) is 12.5 Å². The van der Waals surface area contributed by atoms with Gasteiger partial charge in [-0.3, -0.25) is 4.79 Å². The van der Waals surface area contributed by atoms with Crippen molar-refractivity contribution in [3.63, 3.8) is 0 Å². The third kappa shape index (κ3) is 5.01. The van der Waals surface area contributed by atoms with E-state index in [9.17, 15) is 18.4 Å². The van der Waals surface area contributed by atoms with Crippen molar-refractivity contribution in [2.24, 2.45) is 0 Å². The van der Waals surface area contributed by atoms with Crippen LogP contribution in [0.25, 0.3) is 6.08 Å². The van der Waals surface area contributed by atoms with E-state index in [4.69, 9.17) is 4.74 Å². The molecule has 0 aliphatic heterocycles. The average Bonchev–Trinajstić information content (AvgIpc) is 2.54. The molecule has 0 aromatic heterocycles. The zero-order valence-electron chi connectivity index (χ0n) is 12.8. The number of carbonyl (C=O) groups is 2. The number of esters is 1. The Bertz CT molecular complexity index is 774. The summed E-state index contributed by atoms with van der Waals surface area (Å²) in [5, 5.41) is 2.43. The molecule has 0 saturated heterocycles. The number of nitrogens with one attached hydrogen (secondary N) is 1. The van der Waals surface area contributed by atoms with Crippen molar-refractivity contribution in [2.45, 2.75) is 13.0 Å². The maximum Gasteiger partial charge on any atom is 0.331 e. The van der Waals surface area contributed by atoms with Crippen molar-refractivity contribution in [3.8, 4) is 0 Å². The molecule has 0 heterocycles. The van der Waals surface area contributed by atoms with Gasteiger partial charge in [0.15, 0.2) is 6.10 Å². The minimum atomic E-state index is -1.09. The molecule has 0 spiro atoms. The summed E-state index contributed by atoms with van der Waals surface area (Å²) in [6.07, 6.45) is 1.20. The Balaban J connectivity index is 1.91. The number of carbonyl (C=O) groups excluding carboxylic acids is 2. The highest BCUT2D eigenvalue weighted by molar-refractivity contribution is 5.96. The number of hydrogen-bond donors (Lipinski definition) is 1. The predicted molar refractivity (Wildman–Crippen MR) is 86.0 cm³/mol. The first-order valence-corrected chi connectivity index (χ1v) is 7.15. The number of halogens is 2. The highest BCUT2D eigenvalue weighted by Gasteiger charge is 2.16. The van der Waals surface area contributed by atoms with E-state index in [0.29, 0.717) is 0 Å². The number of rotatable bonds is 5. The fraction of sp³-hybridized carbons (Fsp3) is 0.111. The van der Waals surface area contributed by atoms with Gasteiger partial charge in [-0.05, 0) is 37.3 Å². The molecule has 1 amide bonds. The molecule has 0 fully saturated rings. The van der Waals surface area contributed by atoms with Gasteiger partial charge >= 0.3 is 5.97 Å². The van der Waals surface area contributed by atoms with Gasteiger partial charge in [-0.15, -0.1) is 0 Å². The van der Waals surface area contributed by atoms with Crippen LogP contribution in [-0.4, -0.2) is 18.0 Å². The number of ether oxygens (including phenoxy) is 1. The van der Waals surface area contributed by atoms with Gasteiger partial charge in [-0.25, -0.2) is 13.6 Å². The van der Waals surface area contributed by atoms with E-state index >= 15 is 0 Å². The number of hydrogen-bond acceptors (Lipinski definition) is 3. The number of benzene rings is 2. The lowest BCUT2D eigenvalue weighted by Gasteiger charge is -2.12. The molecule has 1 N–H and O–H groups in total. The standard InChI is InChI=1S/C18H15F2NO3/c1-12(18(23)21-15-7-4-6-14(19)11-15)24-17(22)10-9-13-5-2-3-8-16(13)20/h2-12H,1H3,(H,21,23)/b10-9+/t12-/m1/s1. The van der Waals surface area contributed by atoms with Crippen molar-refractivity contribution in [1.29, 1.82) is 0 Å². The lowest BCUT2D eigenvalue weighted by Crippen LogP contribution is -2.29. The molecule has 1 atom stereocenters. The smallest absolute Gasteiger partial charge is 0.331 e. The summed E-state index contributed by atoms with van der Waals surface area (Å²) in [6, 6.07) is 11.3. The van der Waals surface area contributed by atoms with E-state index in [2.05, 4.69) is 5.32 Å². The molecule has 0 radical (unpaired) electrons. The maximum absolute atomic E-state index is 13.4. The summed E-state index contributed by atoms with van der Waals surface area (Å²) in [5.74, 6) is -2.36. The van der Waals surface area contributed by atoms with E-state index < -0.39 is 29.6 Å². The van der Waals surface area contributed by atoms with Gasteiger partial charge in [0.05, 0.1) is 0 Å². The second-order valence-electron chi connectivity index (χ2n) is 4.93. The van der Waals surface area contributed by atoms with Crippen molar-refractivity contribution >= 4 is 23.6 Å². The number of amides is 1. The zero-order valence-corrected chi connectivity index (χ0v) is 12.8. The third-order valence-electron chi connectivity index (χ3n) is 3.06. The Labute approximate surface area is 137 Å². The Morgan fingerprint density at radius 1 is 1.12 bits per heavy atom. The van der Waals surface area contributed by atoms with Crippen molar-refractivity contribution < 1.29 is 23.1 Å². The van der Waals surface area contributed by atoms with Gasteiger partial charge in [-0.2, -0.15) is 0 Å². The Kier molecular flexibility index (Phi) is 5.78. The van der Waals surface area contributed by atoms with Crippen LogP contribution in [0, 0.1) is 11.6 Å². The van der Waals surface area contributed by atoms with Crippen LogP contribution >= 0.6 is 0 Å². The molecule has 0 unspecified atom stereocenters. The van der Waals surface area contributed by atoms with Crippen molar-refractivity contribution in [2.75, 3.05) is 5.32 Å². The first kappa shape index (κ1) is 17.3. The topological polar surface area (TPSA) is 55.4 Å². The van der Waals surface area contributed by atoms with Crippen molar-refractivity contribution in [1.82, 2.24) is 0 Å². The van der Waals surface area contributed by atoms with E-state index in [1.165, 1.54) is 49.4 Å². The molecule has 0 saturated carbocycles. The lowest BCUT2D eigenvalue weighted by atomic mass is 10.2. The zero-order chi connectivity index (χ0) is 17.5. The molecule has 0 aliphatic carbocycles. The van der Waals surface area contributed by atoms with Gasteiger partial charge in [-0.1, -0.05) is 24.3 Å². The average molecular weight is 331 g/mol. The van der Waals surface area contributed by atoms with E-state index in [0.717, 1.165) is 12.1 Å². The van der Waals surface area contributed by atoms with Crippen LogP contribution in [0.5, 0.6) is 0 Å². The highest BCUT2D eigenvalue weighted by Crippen LogP contribution is 2.11. The Morgan fingerprint density at radius 3 is 2.58 bits per heavy atom. The van der Waals surface area contributed by atoms with E-state index in [-0.39, 0.29) is 11.3 Å². The molecular formula is C18H15F2NO3. The van der Waals surface area contributed by atoms with Crippen LogP contribution in [-0.2, 0) is 14.3 Å². The second kappa shape index (κ2) is 8.01. The van der Waals surface area contributed by atoms with Crippen LogP contribution in [0.4, 0.5) is 14.5 Å². The molecule has 0 aliphatic rings. The molecule has 6 heteroatoms. The van der Waals surface area contributed by atoms with Gasteiger partial charge < -0.3 is 10.1 Å². The molecule has 2 rings (SSSR count). The number of anilines is 1. The fourth-order valence-corrected chi connectivity index (χ4v) is 1.85. The summed E-state index contributed by atoms with van der Waals surface area (Å²) in [5.41, 5.74) is 0.483.